The summed E-state index contributed by atoms with van der Waals surface area (Å²) < 4.78 is 101. The van der Waals surface area contributed by atoms with Gasteiger partial charge in [-0.2, -0.15) is 26.3 Å². The van der Waals surface area contributed by atoms with Crippen molar-refractivity contribution in [2.45, 2.75) is 38.2 Å². The van der Waals surface area contributed by atoms with Gasteiger partial charge < -0.3 is 0 Å². The molecule has 0 N–H and O–H groups in total. The molecule has 5 nitrogen and oxygen atoms in total. The van der Waals surface area contributed by atoms with Gasteiger partial charge in [0.2, 0.25) is 5.82 Å². The number of rotatable bonds is 3. The van der Waals surface area contributed by atoms with E-state index in [4.69, 9.17) is 0 Å². The Labute approximate surface area is 222 Å². The molecule has 1 aliphatic rings. The van der Waals surface area contributed by atoms with Gasteiger partial charge in [0, 0.05) is 36.1 Å². The maximum Gasteiger partial charge on any atom is 0.451 e. The van der Waals surface area contributed by atoms with E-state index in [2.05, 4.69) is 24.9 Å². The van der Waals surface area contributed by atoms with Gasteiger partial charge in [-0.3, -0.25) is 15.0 Å². The molecule has 1 unspecified atom stereocenters. The Kier molecular flexibility index (Phi) is 8.21. The molecule has 4 aromatic rings. The van der Waals surface area contributed by atoms with Crippen LogP contribution >= 0.6 is 0 Å². The molecular weight excluding hydrogens is 546 g/mol. The summed E-state index contributed by atoms with van der Waals surface area (Å²) in [6.07, 6.45) is -2.94. The highest BCUT2D eigenvalue weighted by Gasteiger charge is 2.34. The molecule has 0 bridgehead atoms. The van der Waals surface area contributed by atoms with Gasteiger partial charge in [-0.25, -0.2) is 18.7 Å². The lowest BCUT2D eigenvalue weighted by Gasteiger charge is -2.09. The Hall–Kier alpha value is -4.29. The SMILES string of the molecule is Cc1cnc(C(F)(F)F)nc1.Fc1cccc(F)c1C1=NC(c2ccc(-c3ccc(C(F)(F)F)nc3)nc2)CC1. The average molecular weight is 565 g/mol. The number of hydrogen-bond donors (Lipinski definition) is 0. The highest BCUT2D eigenvalue weighted by molar-refractivity contribution is 6.02. The number of pyridine rings is 2. The number of aromatic nitrogens is 4. The van der Waals surface area contributed by atoms with Crippen molar-refractivity contribution in [3.8, 4) is 11.3 Å². The molecule has 3 aromatic heterocycles. The number of hydrogen-bond acceptors (Lipinski definition) is 5. The highest BCUT2D eigenvalue weighted by atomic mass is 19.4. The van der Waals surface area contributed by atoms with Crippen LogP contribution in [0, 0.1) is 18.6 Å². The Morgan fingerprint density at radius 1 is 0.725 bits per heavy atom. The van der Waals surface area contributed by atoms with Crippen LogP contribution in [-0.2, 0) is 12.4 Å². The minimum atomic E-state index is -4.49. The van der Waals surface area contributed by atoms with Gasteiger partial charge in [0.05, 0.1) is 17.3 Å². The van der Waals surface area contributed by atoms with Crippen molar-refractivity contribution in [3.63, 3.8) is 0 Å². The van der Waals surface area contributed by atoms with E-state index in [0.717, 1.165) is 30.2 Å². The van der Waals surface area contributed by atoms with Crippen molar-refractivity contribution in [2.24, 2.45) is 4.99 Å². The van der Waals surface area contributed by atoms with Gasteiger partial charge in [0.1, 0.15) is 17.3 Å². The van der Waals surface area contributed by atoms with E-state index in [1.165, 1.54) is 24.3 Å². The quantitative estimate of drug-likeness (QED) is 0.241. The van der Waals surface area contributed by atoms with E-state index in [1.54, 1.807) is 25.3 Å². The second-order valence-corrected chi connectivity index (χ2v) is 8.72. The Bertz CT molecular complexity index is 1460. The molecular formula is C27H19F8N5. The molecule has 0 spiro atoms. The van der Waals surface area contributed by atoms with Crippen molar-refractivity contribution in [1.82, 2.24) is 19.9 Å². The van der Waals surface area contributed by atoms with E-state index in [9.17, 15) is 35.1 Å². The number of aryl methyl sites for hydroxylation is 1. The molecule has 0 fully saturated rings. The summed E-state index contributed by atoms with van der Waals surface area (Å²) in [6, 6.07) is 9.06. The summed E-state index contributed by atoms with van der Waals surface area (Å²) >= 11 is 0. The Morgan fingerprint density at radius 2 is 1.40 bits per heavy atom. The smallest absolute Gasteiger partial charge is 0.281 e. The fourth-order valence-electron chi connectivity index (χ4n) is 3.82. The molecule has 1 aromatic carbocycles. The number of nitrogens with zero attached hydrogens (tertiary/aromatic N) is 5. The van der Waals surface area contributed by atoms with E-state index in [-0.39, 0.29) is 11.6 Å². The van der Waals surface area contributed by atoms with E-state index >= 15 is 0 Å². The molecule has 1 atom stereocenters. The van der Waals surface area contributed by atoms with Gasteiger partial charge in [-0.05, 0) is 61.2 Å². The maximum absolute atomic E-state index is 14.0. The summed E-state index contributed by atoms with van der Waals surface area (Å²) in [4.78, 5) is 18.4. The normalized spacial score (nSPS) is 15.3. The second-order valence-electron chi connectivity index (χ2n) is 8.72. The van der Waals surface area contributed by atoms with Crippen LogP contribution in [0.15, 0.2) is 72.2 Å². The summed E-state index contributed by atoms with van der Waals surface area (Å²) in [5.41, 5.74) is 1.60. The highest BCUT2D eigenvalue weighted by Crippen LogP contribution is 2.33. The monoisotopic (exact) mass is 565 g/mol. The predicted octanol–water partition coefficient (Wildman–Crippen LogP) is 7.57. The van der Waals surface area contributed by atoms with Crippen LogP contribution in [0.3, 0.4) is 0 Å². The number of halogens is 8. The van der Waals surface area contributed by atoms with Gasteiger partial charge in [0.25, 0.3) is 0 Å². The molecule has 1 aliphatic heterocycles. The van der Waals surface area contributed by atoms with Gasteiger partial charge in [-0.15, -0.1) is 0 Å². The molecule has 5 rings (SSSR count). The van der Waals surface area contributed by atoms with Crippen molar-refractivity contribution in [1.29, 1.82) is 0 Å². The minimum Gasteiger partial charge on any atom is -0.281 e. The van der Waals surface area contributed by atoms with Crippen LogP contribution in [-0.4, -0.2) is 25.6 Å². The predicted molar refractivity (Wildman–Crippen MR) is 129 cm³/mol. The molecule has 0 amide bonds. The Morgan fingerprint density at radius 3 is 1.93 bits per heavy atom. The third kappa shape index (κ3) is 6.82. The van der Waals surface area contributed by atoms with E-state index in [1.807, 2.05) is 0 Å². The van der Waals surface area contributed by atoms with Crippen molar-refractivity contribution in [2.75, 3.05) is 0 Å². The lowest BCUT2D eigenvalue weighted by atomic mass is 10.0. The topological polar surface area (TPSA) is 63.9 Å². The van der Waals surface area contributed by atoms with Crippen molar-refractivity contribution >= 4 is 5.71 Å². The van der Waals surface area contributed by atoms with Crippen molar-refractivity contribution < 1.29 is 35.1 Å². The third-order valence-corrected chi connectivity index (χ3v) is 5.77. The summed E-state index contributed by atoms with van der Waals surface area (Å²) in [5, 5.41) is 0. The van der Waals surface area contributed by atoms with Crippen LogP contribution in [0.2, 0.25) is 0 Å². The molecule has 208 valence electrons. The Balaban J connectivity index is 0.000000283. The third-order valence-electron chi connectivity index (χ3n) is 5.77. The number of benzene rings is 1. The zero-order valence-corrected chi connectivity index (χ0v) is 20.6. The minimum absolute atomic E-state index is 0.101. The van der Waals surface area contributed by atoms with Gasteiger partial charge in [0.15, 0.2) is 0 Å². The first-order valence-corrected chi connectivity index (χ1v) is 11.7. The first-order valence-electron chi connectivity index (χ1n) is 11.7. The first-order chi connectivity index (χ1) is 18.8. The average Bonchev–Trinajstić information content (AvgIpc) is 3.38. The van der Waals surface area contributed by atoms with Crippen LogP contribution in [0.4, 0.5) is 35.1 Å². The maximum atomic E-state index is 14.0. The van der Waals surface area contributed by atoms with Crippen LogP contribution in [0.5, 0.6) is 0 Å². The second kappa shape index (κ2) is 11.4. The summed E-state index contributed by atoms with van der Waals surface area (Å²) in [7, 11) is 0. The van der Waals surface area contributed by atoms with E-state index < -0.39 is 35.5 Å². The van der Waals surface area contributed by atoms with Gasteiger partial charge in [-0.1, -0.05) is 12.1 Å². The molecule has 0 radical (unpaired) electrons. The van der Waals surface area contributed by atoms with Gasteiger partial charge >= 0.3 is 12.4 Å². The largest absolute Gasteiger partial charge is 0.451 e. The lowest BCUT2D eigenvalue weighted by Crippen LogP contribution is -2.10. The molecule has 0 aliphatic carbocycles. The van der Waals surface area contributed by atoms with Crippen molar-refractivity contribution in [3.05, 3.63) is 107 Å². The molecule has 4 heterocycles. The van der Waals surface area contributed by atoms with E-state index in [0.29, 0.717) is 35.4 Å². The first kappa shape index (κ1) is 28.7. The molecule has 0 saturated heterocycles. The zero-order chi connectivity index (χ0) is 29.1. The number of aliphatic imine (C=N–C) groups is 1. The van der Waals surface area contributed by atoms with Crippen LogP contribution in [0.1, 0.15) is 47.1 Å². The lowest BCUT2D eigenvalue weighted by molar-refractivity contribution is -0.145. The summed E-state index contributed by atoms with van der Waals surface area (Å²) in [6.45, 7) is 1.63. The van der Waals surface area contributed by atoms with Crippen LogP contribution in [0.25, 0.3) is 11.3 Å². The molecule has 40 heavy (non-hydrogen) atoms. The molecule has 0 saturated carbocycles. The fraction of sp³-hybridized carbons (Fsp3) is 0.222. The summed E-state index contributed by atoms with van der Waals surface area (Å²) in [5.74, 6) is -2.39. The zero-order valence-electron chi connectivity index (χ0n) is 20.6. The van der Waals surface area contributed by atoms with Crippen LogP contribution < -0.4 is 0 Å². The number of alkyl halides is 6. The standard InChI is InChI=1S/C21H14F5N3.C6H5F3N2/c22-14-2-1-3-15(23)20(14)18-8-7-17(29-18)13-4-6-16(27-10-13)12-5-9-19(28-11-12)21(24,25)26;1-4-2-10-5(11-3-4)6(7,8)9/h1-6,9-11,17H,7-8H2;2-3H,1H3. The fourth-order valence-corrected chi connectivity index (χ4v) is 3.82. The molecule has 13 heteroatoms.